The molecule has 0 saturated heterocycles. The highest BCUT2D eigenvalue weighted by Crippen LogP contribution is 2.26. The Bertz CT molecular complexity index is 520. The lowest BCUT2D eigenvalue weighted by Gasteiger charge is -2.17. The Morgan fingerprint density at radius 3 is 2.89 bits per heavy atom. The minimum absolute atomic E-state index is 0.229. The minimum atomic E-state index is 0.229. The number of thiazole rings is 1. The molecule has 1 unspecified atom stereocenters. The molecule has 1 atom stereocenters. The van der Waals surface area contributed by atoms with Crippen molar-refractivity contribution in [2.24, 2.45) is 0 Å². The van der Waals surface area contributed by atoms with E-state index in [0.29, 0.717) is 0 Å². The molecule has 98 valence electrons. The molecule has 0 saturated carbocycles. The van der Waals surface area contributed by atoms with Crippen molar-refractivity contribution >= 4 is 27.3 Å². The first kappa shape index (κ1) is 13.7. The molecule has 6 heteroatoms. The fraction of sp³-hybridized carbons (Fsp3) is 0.500. The second-order valence-corrected chi connectivity index (χ2v) is 5.92. The molecule has 2 aromatic rings. The molecule has 0 amide bonds. The van der Waals surface area contributed by atoms with Crippen LogP contribution in [0.1, 0.15) is 29.4 Å². The number of aromatic nitrogens is 3. The van der Waals surface area contributed by atoms with Gasteiger partial charge in [0.2, 0.25) is 0 Å². The van der Waals surface area contributed by atoms with Gasteiger partial charge in [0.05, 0.1) is 27.4 Å². The second-order valence-electron chi connectivity index (χ2n) is 4.12. The Morgan fingerprint density at radius 1 is 1.56 bits per heavy atom. The highest BCUT2D eigenvalue weighted by Gasteiger charge is 2.19. The van der Waals surface area contributed by atoms with Crippen LogP contribution in [0.3, 0.4) is 0 Å². The number of halogens is 1. The van der Waals surface area contributed by atoms with Gasteiger partial charge in [-0.25, -0.2) is 4.98 Å². The fourth-order valence-corrected chi connectivity index (χ4v) is 3.37. The van der Waals surface area contributed by atoms with Gasteiger partial charge >= 0.3 is 0 Å². The molecular formula is C12H17BrN4S. The van der Waals surface area contributed by atoms with Gasteiger partial charge in [-0.1, -0.05) is 0 Å². The van der Waals surface area contributed by atoms with E-state index in [-0.39, 0.29) is 6.04 Å². The number of rotatable bonds is 5. The third-order valence-corrected chi connectivity index (χ3v) is 4.46. The van der Waals surface area contributed by atoms with E-state index in [1.165, 1.54) is 5.69 Å². The lowest BCUT2D eigenvalue weighted by Crippen LogP contribution is -2.22. The van der Waals surface area contributed by atoms with Gasteiger partial charge in [-0.2, -0.15) is 5.10 Å². The number of nitrogens with one attached hydrogen (secondary N) is 1. The predicted molar refractivity (Wildman–Crippen MR) is 78.0 cm³/mol. The molecule has 0 aliphatic rings. The van der Waals surface area contributed by atoms with Crippen LogP contribution in [0.4, 0.5) is 0 Å². The van der Waals surface area contributed by atoms with E-state index in [1.807, 2.05) is 24.9 Å². The zero-order valence-electron chi connectivity index (χ0n) is 10.8. The van der Waals surface area contributed by atoms with Gasteiger partial charge in [-0.15, -0.1) is 11.3 Å². The van der Waals surface area contributed by atoms with Gasteiger partial charge in [0.25, 0.3) is 0 Å². The van der Waals surface area contributed by atoms with E-state index in [1.54, 1.807) is 11.3 Å². The van der Waals surface area contributed by atoms with Crippen LogP contribution in [-0.4, -0.2) is 21.8 Å². The van der Waals surface area contributed by atoms with Crippen LogP contribution in [0.15, 0.2) is 16.0 Å². The molecule has 18 heavy (non-hydrogen) atoms. The summed E-state index contributed by atoms with van der Waals surface area (Å²) in [6.07, 6.45) is 2.75. The van der Waals surface area contributed by atoms with Crippen molar-refractivity contribution in [3.63, 3.8) is 0 Å². The molecule has 0 aliphatic heterocycles. The first-order chi connectivity index (χ1) is 8.65. The zero-order chi connectivity index (χ0) is 13.1. The lowest BCUT2D eigenvalue weighted by molar-refractivity contribution is 0.511. The molecule has 2 heterocycles. The van der Waals surface area contributed by atoms with Crippen molar-refractivity contribution in [2.75, 3.05) is 7.05 Å². The molecular weight excluding hydrogens is 312 g/mol. The summed E-state index contributed by atoms with van der Waals surface area (Å²) in [7, 11) is 1.98. The monoisotopic (exact) mass is 328 g/mol. The Balaban J connectivity index is 2.25. The number of hydrogen-bond donors (Lipinski definition) is 1. The van der Waals surface area contributed by atoms with E-state index in [0.717, 1.165) is 28.1 Å². The summed E-state index contributed by atoms with van der Waals surface area (Å²) in [5.74, 6) is 0. The molecule has 2 rings (SSSR count). The third-order valence-electron chi connectivity index (χ3n) is 2.86. The summed E-state index contributed by atoms with van der Waals surface area (Å²) in [4.78, 5) is 4.53. The Labute approximate surface area is 120 Å². The first-order valence-electron chi connectivity index (χ1n) is 5.95. The zero-order valence-corrected chi connectivity index (χ0v) is 13.2. The van der Waals surface area contributed by atoms with Crippen LogP contribution >= 0.6 is 27.3 Å². The number of hydrogen-bond acceptors (Lipinski definition) is 4. The average Bonchev–Trinajstić information content (AvgIpc) is 2.92. The maximum Gasteiger partial charge on any atom is 0.0947 e. The normalized spacial score (nSPS) is 12.9. The highest BCUT2D eigenvalue weighted by molar-refractivity contribution is 9.10. The van der Waals surface area contributed by atoms with Crippen molar-refractivity contribution in [2.45, 2.75) is 32.9 Å². The van der Waals surface area contributed by atoms with Crippen LogP contribution in [0.2, 0.25) is 0 Å². The Kier molecular flexibility index (Phi) is 4.53. The molecule has 1 N–H and O–H groups in total. The van der Waals surface area contributed by atoms with E-state index in [2.05, 4.69) is 43.6 Å². The largest absolute Gasteiger partial charge is 0.311 e. The predicted octanol–water partition coefficient (Wildman–Crippen LogP) is 2.93. The Morgan fingerprint density at radius 2 is 2.33 bits per heavy atom. The van der Waals surface area contributed by atoms with Crippen molar-refractivity contribution in [1.82, 2.24) is 20.1 Å². The standard InChI is InChI=1S/C12H17BrN4S/c1-4-17-12(9(13)6-15-17)10(14-3)5-11-16-8(2)7-18-11/h6-7,10,14H,4-5H2,1-3H3. The molecule has 0 aliphatic carbocycles. The van der Waals surface area contributed by atoms with Gasteiger partial charge in [-0.3, -0.25) is 4.68 Å². The van der Waals surface area contributed by atoms with Crippen molar-refractivity contribution in [3.05, 3.63) is 32.4 Å². The molecule has 0 bridgehead atoms. The van der Waals surface area contributed by atoms with Crippen LogP contribution in [0.25, 0.3) is 0 Å². The SMILES string of the molecule is CCn1ncc(Br)c1C(Cc1nc(C)cs1)NC. The third kappa shape index (κ3) is 2.81. The van der Waals surface area contributed by atoms with Gasteiger partial charge < -0.3 is 5.32 Å². The fourth-order valence-electron chi connectivity index (χ4n) is 1.98. The summed E-state index contributed by atoms with van der Waals surface area (Å²) in [6, 6.07) is 0.229. The van der Waals surface area contributed by atoms with Crippen LogP contribution in [0, 0.1) is 6.92 Å². The molecule has 0 radical (unpaired) electrons. The quantitative estimate of drug-likeness (QED) is 0.917. The van der Waals surface area contributed by atoms with Crippen LogP contribution in [0.5, 0.6) is 0 Å². The first-order valence-corrected chi connectivity index (χ1v) is 7.62. The van der Waals surface area contributed by atoms with E-state index < -0.39 is 0 Å². The summed E-state index contributed by atoms with van der Waals surface area (Å²) in [6.45, 7) is 5.00. The van der Waals surface area contributed by atoms with Gasteiger partial charge in [0.1, 0.15) is 0 Å². The highest BCUT2D eigenvalue weighted by atomic mass is 79.9. The summed E-state index contributed by atoms with van der Waals surface area (Å²) in [5, 5.41) is 11.0. The topological polar surface area (TPSA) is 42.7 Å². The van der Waals surface area contributed by atoms with Gasteiger partial charge in [-0.05, 0) is 36.8 Å². The average molecular weight is 329 g/mol. The van der Waals surface area contributed by atoms with E-state index in [4.69, 9.17) is 0 Å². The summed E-state index contributed by atoms with van der Waals surface area (Å²) >= 11 is 5.29. The molecule has 2 aromatic heterocycles. The van der Waals surface area contributed by atoms with Crippen molar-refractivity contribution in [1.29, 1.82) is 0 Å². The molecule has 0 fully saturated rings. The number of nitrogens with zero attached hydrogens (tertiary/aromatic N) is 3. The van der Waals surface area contributed by atoms with E-state index in [9.17, 15) is 0 Å². The number of likely N-dealkylation sites (N-methyl/N-ethyl adjacent to an activating group) is 1. The van der Waals surface area contributed by atoms with Crippen LogP contribution < -0.4 is 5.32 Å². The number of aryl methyl sites for hydroxylation is 2. The minimum Gasteiger partial charge on any atom is -0.311 e. The Hall–Kier alpha value is -0.720. The smallest absolute Gasteiger partial charge is 0.0947 e. The van der Waals surface area contributed by atoms with Gasteiger partial charge in [0.15, 0.2) is 0 Å². The maximum absolute atomic E-state index is 4.53. The van der Waals surface area contributed by atoms with Crippen LogP contribution in [-0.2, 0) is 13.0 Å². The molecule has 0 aromatic carbocycles. The van der Waals surface area contributed by atoms with E-state index >= 15 is 0 Å². The molecule has 0 spiro atoms. The van der Waals surface area contributed by atoms with Crippen molar-refractivity contribution < 1.29 is 0 Å². The second kappa shape index (κ2) is 5.95. The van der Waals surface area contributed by atoms with Gasteiger partial charge in [0, 0.05) is 24.0 Å². The maximum atomic E-state index is 4.53. The summed E-state index contributed by atoms with van der Waals surface area (Å²) < 4.78 is 3.07. The molecule has 4 nitrogen and oxygen atoms in total. The summed E-state index contributed by atoms with van der Waals surface area (Å²) in [5.41, 5.74) is 2.28. The van der Waals surface area contributed by atoms with Crippen molar-refractivity contribution in [3.8, 4) is 0 Å². The lowest BCUT2D eigenvalue weighted by atomic mass is 10.1.